The molecule has 1 nitrogen and oxygen atoms in total. The molecule has 1 aromatic rings. The third-order valence-corrected chi connectivity index (χ3v) is 6.65. The lowest BCUT2D eigenvalue weighted by molar-refractivity contribution is 0.182. The number of benzene rings is 1. The summed E-state index contributed by atoms with van der Waals surface area (Å²) >= 11 is 2.09. The fourth-order valence-electron chi connectivity index (χ4n) is 3.92. The van der Waals surface area contributed by atoms with Crippen molar-refractivity contribution in [3.63, 3.8) is 0 Å². The predicted octanol–water partition coefficient (Wildman–Crippen LogP) is 4.49. The van der Waals surface area contributed by atoms with Crippen LogP contribution >= 0.6 is 11.8 Å². The van der Waals surface area contributed by atoms with Crippen LogP contribution in [0.4, 0.5) is 0 Å². The maximum absolute atomic E-state index is 6.42. The predicted molar refractivity (Wildman–Crippen MR) is 88.1 cm³/mol. The van der Waals surface area contributed by atoms with Crippen LogP contribution in [-0.2, 0) is 6.42 Å². The van der Waals surface area contributed by atoms with Gasteiger partial charge >= 0.3 is 0 Å². The van der Waals surface area contributed by atoms with Crippen molar-refractivity contribution in [3.05, 3.63) is 29.8 Å². The molecule has 1 aliphatic carbocycles. The molecule has 3 rings (SSSR count). The molecule has 0 spiro atoms. The Labute approximate surface area is 127 Å². The minimum absolute atomic E-state index is 0.439. The Morgan fingerprint density at radius 2 is 2.05 bits per heavy atom. The van der Waals surface area contributed by atoms with Crippen LogP contribution in [-0.4, -0.2) is 11.3 Å². The number of rotatable bonds is 3. The Balaban J connectivity index is 1.60. The molecule has 1 aliphatic heterocycles. The van der Waals surface area contributed by atoms with E-state index in [1.54, 1.807) is 5.56 Å². The highest BCUT2D eigenvalue weighted by molar-refractivity contribution is 8.00. The van der Waals surface area contributed by atoms with Crippen molar-refractivity contribution in [2.45, 2.75) is 62.1 Å². The zero-order valence-electron chi connectivity index (χ0n) is 12.7. The summed E-state index contributed by atoms with van der Waals surface area (Å²) in [6, 6.07) is 9.34. The lowest BCUT2D eigenvalue weighted by Crippen LogP contribution is -2.38. The quantitative estimate of drug-likeness (QED) is 0.887. The maximum Gasteiger partial charge on any atom is 0.0138 e. The van der Waals surface area contributed by atoms with Crippen molar-refractivity contribution in [1.29, 1.82) is 0 Å². The van der Waals surface area contributed by atoms with Gasteiger partial charge in [-0.3, -0.25) is 0 Å². The summed E-state index contributed by atoms with van der Waals surface area (Å²) in [5.41, 5.74) is 7.96. The standard InChI is InChI=1S/C18H27NS/c1-12(2)13-7-8-17(19)15(9-13)11-16-10-14-5-3-4-6-18(14)20-16/h3-6,12-13,15-17H,7-11,19H2,1-2H3. The third kappa shape index (κ3) is 3.07. The molecule has 4 unspecified atom stereocenters. The molecule has 1 aromatic carbocycles. The van der Waals surface area contributed by atoms with Gasteiger partial charge in [0.1, 0.15) is 0 Å². The molecule has 0 aromatic heterocycles. The Hall–Kier alpha value is -0.470. The van der Waals surface area contributed by atoms with Crippen LogP contribution in [0.15, 0.2) is 29.2 Å². The molecule has 0 bridgehead atoms. The van der Waals surface area contributed by atoms with Gasteiger partial charge in [0.15, 0.2) is 0 Å². The summed E-state index contributed by atoms with van der Waals surface area (Å²) in [7, 11) is 0. The minimum atomic E-state index is 0.439. The van der Waals surface area contributed by atoms with Crippen LogP contribution in [0.5, 0.6) is 0 Å². The van der Waals surface area contributed by atoms with E-state index in [2.05, 4.69) is 49.9 Å². The van der Waals surface area contributed by atoms with E-state index in [1.807, 2.05) is 0 Å². The van der Waals surface area contributed by atoms with Crippen molar-refractivity contribution in [2.75, 3.05) is 0 Å². The van der Waals surface area contributed by atoms with Crippen molar-refractivity contribution < 1.29 is 0 Å². The van der Waals surface area contributed by atoms with Gasteiger partial charge in [-0.15, -0.1) is 11.8 Å². The van der Waals surface area contributed by atoms with Gasteiger partial charge in [-0.2, -0.15) is 0 Å². The first kappa shape index (κ1) is 14.5. The zero-order chi connectivity index (χ0) is 14.1. The van der Waals surface area contributed by atoms with E-state index in [1.165, 1.54) is 37.0 Å². The van der Waals surface area contributed by atoms with E-state index in [0.717, 1.165) is 23.0 Å². The third-order valence-electron chi connectivity index (χ3n) is 5.30. The second-order valence-electron chi connectivity index (χ2n) is 7.03. The number of hydrogen-bond acceptors (Lipinski definition) is 2. The van der Waals surface area contributed by atoms with Crippen LogP contribution in [0.2, 0.25) is 0 Å². The number of hydrogen-bond donors (Lipinski definition) is 1. The van der Waals surface area contributed by atoms with Gasteiger partial charge < -0.3 is 5.73 Å². The SMILES string of the molecule is CC(C)C1CCC(N)C(CC2Cc3ccccc3S2)C1. The fraction of sp³-hybridized carbons (Fsp3) is 0.667. The molecule has 1 fully saturated rings. The van der Waals surface area contributed by atoms with E-state index < -0.39 is 0 Å². The molecule has 2 aliphatic rings. The van der Waals surface area contributed by atoms with Crippen molar-refractivity contribution in [3.8, 4) is 0 Å². The lowest BCUT2D eigenvalue weighted by atomic mass is 9.72. The van der Waals surface area contributed by atoms with E-state index in [-0.39, 0.29) is 0 Å². The van der Waals surface area contributed by atoms with Crippen LogP contribution in [0.25, 0.3) is 0 Å². The lowest BCUT2D eigenvalue weighted by Gasteiger charge is -2.37. The minimum Gasteiger partial charge on any atom is -0.327 e. The Bertz CT molecular complexity index is 431. The molecule has 2 N–H and O–H groups in total. The first-order chi connectivity index (χ1) is 9.63. The van der Waals surface area contributed by atoms with Gasteiger partial charge in [0.2, 0.25) is 0 Å². The summed E-state index contributed by atoms with van der Waals surface area (Å²) in [5.74, 6) is 2.45. The van der Waals surface area contributed by atoms with Crippen LogP contribution in [0.1, 0.15) is 45.1 Å². The summed E-state index contributed by atoms with van der Waals surface area (Å²) in [5, 5.41) is 0.759. The molecular weight excluding hydrogens is 262 g/mol. The van der Waals surface area contributed by atoms with Crippen LogP contribution in [0, 0.1) is 17.8 Å². The highest BCUT2D eigenvalue weighted by atomic mass is 32.2. The first-order valence-corrected chi connectivity index (χ1v) is 9.01. The summed E-state index contributed by atoms with van der Waals surface area (Å²) in [4.78, 5) is 1.50. The first-order valence-electron chi connectivity index (χ1n) is 8.13. The van der Waals surface area contributed by atoms with Gasteiger partial charge in [0.05, 0.1) is 0 Å². The Morgan fingerprint density at radius 3 is 2.80 bits per heavy atom. The molecule has 1 saturated carbocycles. The molecule has 20 heavy (non-hydrogen) atoms. The Kier molecular flexibility index (Phi) is 4.42. The van der Waals surface area contributed by atoms with Gasteiger partial charge in [-0.1, -0.05) is 32.0 Å². The average molecular weight is 289 g/mol. The van der Waals surface area contributed by atoms with Crippen molar-refractivity contribution in [1.82, 2.24) is 0 Å². The van der Waals surface area contributed by atoms with Gasteiger partial charge in [-0.05, 0) is 61.5 Å². The molecule has 110 valence electrons. The van der Waals surface area contributed by atoms with E-state index in [0.29, 0.717) is 6.04 Å². The van der Waals surface area contributed by atoms with E-state index in [4.69, 9.17) is 5.73 Å². The van der Waals surface area contributed by atoms with Gasteiger partial charge in [0, 0.05) is 16.2 Å². The fourth-order valence-corrected chi connectivity index (χ4v) is 5.35. The van der Waals surface area contributed by atoms with Gasteiger partial charge in [-0.25, -0.2) is 0 Å². The molecule has 0 saturated heterocycles. The smallest absolute Gasteiger partial charge is 0.0138 e. The molecule has 1 heterocycles. The van der Waals surface area contributed by atoms with Crippen molar-refractivity contribution in [2.24, 2.45) is 23.5 Å². The topological polar surface area (TPSA) is 26.0 Å². The largest absolute Gasteiger partial charge is 0.327 e. The molecule has 2 heteroatoms. The molecule has 0 amide bonds. The highest BCUT2D eigenvalue weighted by Gasteiger charge is 2.33. The second-order valence-corrected chi connectivity index (χ2v) is 8.37. The van der Waals surface area contributed by atoms with Crippen LogP contribution < -0.4 is 5.73 Å². The number of thioether (sulfide) groups is 1. The normalized spacial score (nSPS) is 33.4. The second kappa shape index (κ2) is 6.11. The molecular formula is C18H27NS. The monoisotopic (exact) mass is 289 g/mol. The summed E-state index contributed by atoms with van der Waals surface area (Å²) in [6.07, 6.45) is 6.48. The highest BCUT2D eigenvalue weighted by Crippen LogP contribution is 2.43. The van der Waals surface area contributed by atoms with Crippen LogP contribution in [0.3, 0.4) is 0 Å². The van der Waals surface area contributed by atoms with E-state index in [9.17, 15) is 0 Å². The summed E-state index contributed by atoms with van der Waals surface area (Å²) in [6.45, 7) is 4.75. The van der Waals surface area contributed by atoms with E-state index >= 15 is 0 Å². The van der Waals surface area contributed by atoms with Gasteiger partial charge in [0.25, 0.3) is 0 Å². The number of fused-ring (bicyclic) bond motifs is 1. The maximum atomic E-state index is 6.42. The molecule has 0 radical (unpaired) electrons. The zero-order valence-corrected chi connectivity index (χ0v) is 13.5. The summed E-state index contributed by atoms with van der Waals surface area (Å²) < 4.78 is 0. The Morgan fingerprint density at radius 1 is 1.25 bits per heavy atom. The molecule has 4 atom stereocenters. The van der Waals surface area contributed by atoms with Crippen molar-refractivity contribution >= 4 is 11.8 Å². The average Bonchev–Trinajstić information content (AvgIpc) is 2.83. The number of nitrogens with two attached hydrogens (primary N) is 1.